The fourth-order valence-electron chi connectivity index (χ4n) is 2.12. The topological polar surface area (TPSA) is 55.8 Å². The van der Waals surface area contributed by atoms with E-state index in [1.807, 2.05) is 30.3 Å². The second kappa shape index (κ2) is 5.69. The van der Waals surface area contributed by atoms with Crippen molar-refractivity contribution in [2.75, 3.05) is 6.79 Å². The van der Waals surface area contributed by atoms with Gasteiger partial charge in [0.25, 0.3) is 0 Å². The van der Waals surface area contributed by atoms with Crippen LogP contribution in [-0.2, 0) is 5.75 Å². The largest absolute Gasteiger partial charge is 0.478 e. The molecule has 4 nitrogen and oxygen atoms in total. The Hall–Kier alpha value is -2.14. The maximum absolute atomic E-state index is 11.1. The molecule has 0 aliphatic carbocycles. The number of benzene rings is 2. The number of aryl methyl sites for hydroxylation is 1. The molecule has 0 bridgehead atoms. The average Bonchev–Trinajstić information content (AvgIpc) is 2.93. The maximum atomic E-state index is 11.1. The van der Waals surface area contributed by atoms with Gasteiger partial charge in [0.2, 0.25) is 6.79 Å². The van der Waals surface area contributed by atoms with Gasteiger partial charge in [0.05, 0.1) is 5.56 Å². The van der Waals surface area contributed by atoms with E-state index in [9.17, 15) is 4.79 Å². The monoisotopic (exact) mass is 302 g/mol. The summed E-state index contributed by atoms with van der Waals surface area (Å²) < 4.78 is 10.6. The molecule has 2 aromatic carbocycles. The molecule has 108 valence electrons. The third-order valence-electron chi connectivity index (χ3n) is 3.28. The van der Waals surface area contributed by atoms with Crippen LogP contribution in [0.3, 0.4) is 0 Å². The molecule has 1 N–H and O–H groups in total. The summed E-state index contributed by atoms with van der Waals surface area (Å²) >= 11 is 1.60. The van der Waals surface area contributed by atoms with Gasteiger partial charge in [-0.15, -0.1) is 11.8 Å². The summed E-state index contributed by atoms with van der Waals surface area (Å²) in [5.74, 6) is 1.40. The number of carboxylic acid groups (broad SMARTS) is 1. The number of aromatic carboxylic acids is 1. The Morgan fingerprint density at radius 1 is 1.19 bits per heavy atom. The van der Waals surface area contributed by atoms with Crippen LogP contribution in [0.1, 0.15) is 21.5 Å². The van der Waals surface area contributed by atoms with Crippen molar-refractivity contribution in [2.24, 2.45) is 0 Å². The van der Waals surface area contributed by atoms with E-state index >= 15 is 0 Å². The minimum atomic E-state index is -0.891. The number of ether oxygens (including phenoxy) is 2. The number of hydrogen-bond donors (Lipinski definition) is 1. The second-order valence-corrected chi connectivity index (χ2v) is 5.81. The highest BCUT2D eigenvalue weighted by Gasteiger charge is 2.13. The van der Waals surface area contributed by atoms with E-state index < -0.39 is 5.97 Å². The van der Waals surface area contributed by atoms with Crippen molar-refractivity contribution in [3.63, 3.8) is 0 Å². The predicted octanol–water partition coefficient (Wildman–Crippen LogP) is 3.71. The molecule has 0 unspecified atom stereocenters. The van der Waals surface area contributed by atoms with Crippen LogP contribution in [0.15, 0.2) is 41.3 Å². The Labute approximate surface area is 126 Å². The average molecular weight is 302 g/mol. The Kier molecular flexibility index (Phi) is 3.75. The molecule has 3 rings (SSSR count). The van der Waals surface area contributed by atoms with Crippen molar-refractivity contribution in [3.8, 4) is 11.5 Å². The van der Waals surface area contributed by atoms with Gasteiger partial charge in [0.15, 0.2) is 11.5 Å². The van der Waals surface area contributed by atoms with Crippen LogP contribution in [0.5, 0.6) is 11.5 Å². The zero-order valence-corrected chi connectivity index (χ0v) is 12.3. The summed E-state index contributed by atoms with van der Waals surface area (Å²) in [7, 11) is 0. The quantitative estimate of drug-likeness (QED) is 0.872. The lowest BCUT2D eigenvalue weighted by Crippen LogP contribution is -1.99. The van der Waals surface area contributed by atoms with Crippen molar-refractivity contribution in [1.82, 2.24) is 0 Å². The highest BCUT2D eigenvalue weighted by atomic mass is 32.2. The van der Waals surface area contributed by atoms with Gasteiger partial charge in [-0.25, -0.2) is 4.79 Å². The Morgan fingerprint density at radius 3 is 2.81 bits per heavy atom. The van der Waals surface area contributed by atoms with Gasteiger partial charge in [0, 0.05) is 10.6 Å². The molecular weight excluding hydrogens is 288 g/mol. The molecule has 1 aliphatic heterocycles. The lowest BCUT2D eigenvalue weighted by Gasteiger charge is -2.06. The number of carboxylic acids is 1. The second-order valence-electron chi connectivity index (χ2n) is 4.76. The lowest BCUT2D eigenvalue weighted by molar-refractivity contribution is 0.0696. The molecule has 0 saturated heterocycles. The zero-order chi connectivity index (χ0) is 14.8. The van der Waals surface area contributed by atoms with Crippen molar-refractivity contribution in [3.05, 3.63) is 53.1 Å². The van der Waals surface area contributed by atoms with E-state index in [0.29, 0.717) is 5.56 Å². The summed E-state index contributed by atoms with van der Waals surface area (Å²) in [4.78, 5) is 12.1. The van der Waals surface area contributed by atoms with Gasteiger partial charge in [0.1, 0.15) is 0 Å². The van der Waals surface area contributed by atoms with Gasteiger partial charge >= 0.3 is 5.97 Å². The predicted molar refractivity (Wildman–Crippen MR) is 80.3 cm³/mol. The number of fused-ring (bicyclic) bond motifs is 1. The Balaban J connectivity index is 1.73. The Morgan fingerprint density at radius 2 is 2.00 bits per heavy atom. The SMILES string of the molecule is Cc1ccc(SCc2ccc3c(c2)OCO3)cc1C(=O)O. The van der Waals surface area contributed by atoms with Crippen LogP contribution in [-0.4, -0.2) is 17.9 Å². The van der Waals surface area contributed by atoms with Crippen LogP contribution in [0.4, 0.5) is 0 Å². The first-order valence-electron chi connectivity index (χ1n) is 6.49. The molecule has 0 aromatic heterocycles. The van der Waals surface area contributed by atoms with Crippen molar-refractivity contribution >= 4 is 17.7 Å². The molecule has 21 heavy (non-hydrogen) atoms. The summed E-state index contributed by atoms with van der Waals surface area (Å²) in [5.41, 5.74) is 2.24. The van der Waals surface area contributed by atoms with Gasteiger partial charge in [-0.05, 0) is 42.3 Å². The molecule has 0 fully saturated rings. The summed E-state index contributed by atoms with van der Waals surface area (Å²) in [6, 6.07) is 11.4. The maximum Gasteiger partial charge on any atom is 0.335 e. The van der Waals surface area contributed by atoms with Crippen LogP contribution in [0.25, 0.3) is 0 Å². The Bertz CT molecular complexity index is 697. The summed E-state index contributed by atoms with van der Waals surface area (Å²) in [5, 5.41) is 9.14. The smallest absolute Gasteiger partial charge is 0.335 e. The molecule has 1 heterocycles. The molecule has 0 amide bonds. The van der Waals surface area contributed by atoms with Gasteiger partial charge in [-0.2, -0.15) is 0 Å². The van der Waals surface area contributed by atoms with Crippen molar-refractivity contribution in [2.45, 2.75) is 17.6 Å². The number of hydrogen-bond acceptors (Lipinski definition) is 4. The number of carbonyl (C=O) groups is 1. The van der Waals surface area contributed by atoms with Crippen molar-refractivity contribution < 1.29 is 19.4 Å². The first-order valence-corrected chi connectivity index (χ1v) is 7.47. The summed E-state index contributed by atoms with van der Waals surface area (Å²) in [6.45, 7) is 2.07. The van der Waals surface area contributed by atoms with Gasteiger partial charge in [-0.1, -0.05) is 12.1 Å². The van der Waals surface area contributed by atoms with E-state index in [0.717, 1.165) is 33.3 Å². The molecule has 0 atom stereocenters. The van der Waals surface area contributed by atoms with Crippen LogP contribution in [0, 0.1) is 6.92 Å². The van der Waals surface area contributed by atoms with Crippen LogP contribution in [0.2, 0.25) is 0 Å². The normalized spacial score (nSPS) is 12.4. The van der Waals surface area contributed by atoms with E-state index in [2.05, 4.69) is 0 Å². The fourth-order valence-corrected chi connectivity index (χ4v) is 3.00. The minimum Gasteiger partial charge on any atom is -0.478 e. The zero-order valence-electron chi connectivity index (χ0n) is 11.5. The number of thioether (sulfide) groups is 1. The van der Waals surface area contributed by atoms with E-state index in [-0.39, 0.29) is 6.79 Å². The molecule has 0 radical (unpaired) electrons. The van der Waals surface area contributed by atoms with Crippen LogP contribution >= 0.6 is 11.8 Å². The van der Waals surface area contributed by atoms with E-state index in [4.69, 9.17) is 14.6 Å². The summed E-state index contributed by atoms with van der Waals surface area (Å²) in [6.07, 6.45) is 0. The highest BCUT2D eigenvalue weighted by Crippen LogP contribution is 2.34. The van der Waals surface area contributed by atoms with E-state index in [1.54, 1.807) is 24.8 Å². The van der Waals surface area contributed by atoms with E-state index in [1.165, 1.54) is 0 Å². The van der Waals surface area contributed by atoms with Crippen LogP contribution < -0.4 is 9.47 Å². The molecule has 0 spiro atoms. The molecule has 1 aliphatic rings. The molecule has 2 aromatic rings. The first-order chi connectivity index (χ1) is 10.1. The molecule has 0 saturated carbocycles. The standard InChI is InChI=1S/C16H14O4S/c1-10-2-4-12(7-13(10)16(17)18)21-8-11-3-5-14-15(6-11)20-9-19-14/h2-7H,8-9H2,1H3,(H,17,18). The third-order valence-corrected chi connectivity index (χ3v) is 4.35. The number of rotatable bonds is 4. The van der Waals surface area contributed by atoms with Gasteiger partial charge < -0.3 is 14.6 Å². The molecular formula is C16H14O4S. The van der Waals surface area contributed by atoms with Crippen molar-refractivity contribution in [1.29, 1.82) is 0 Å². The highest BCUT2D eigenvalue weighted by molar-refractivity contribution is 7.98. The van der Waals surface area contributed by atoms with Gasteiger partial charge in [-0.3, -0.25) is 0 Å². The lowest BCUT2D eigenvalue weighted by atomic mass is 10.1. The fraction of sp³-hybridized carbons (Fsp3) is 0.188. The minimum absolute atomic E-state index is 0.270. The first kappa shape index (κ1) is 13.8. The molecule has 5 heteroatoms. The third kappa shape index (κ3) is 2.97.